The molecular formula is C25H28N4O6. The minimum atomic E-state index is -0.760. The smallest absolute Gasteiger partial charge is 0.264 e. The lowest BCUT2D eigenvalue weighted by Crippen LogP contribution is -2.52. The normalized spacial score (nSPS) is 19.2. The SMILES string of the molecule is COc1ccc2c(c1OC)C(=O)N1c3ccccc3C(=O)N(CC(=O)NCCN3CCOCC3)[C@H]21. The first-order valence-electron chi connectivity index (χ1n) is 11.6. The highest BCUT2D eigenvalue weighted by atomic mass is 16.5. The van der Waals surface area contributed by atoms with Gasteiger partial charge in [0.25, 0.3) is 11.8 Å². The Labute approximate surface area is 203 Å². The molecule has 3 heterocycles. The van der Waals surface area contributed by atoms with Gasteiger partial charge in [0, 0.05) is 31.7 Å². The van der Waals surface area contributed by atoms with Crippen molar-refractivity contribution in [1.29, 1.82) is 0 Å². The van der Waals surface area contributed by atoms with Gasteiger partial charge in [-0.3, -0.25) is 24.2 Å². The second-order valence-electron chi connectivity index (χ2n) is 8.57. The van der Waals surface area contributed by atoms with E-state index in [1.54, 1.807) is 41.3 Å². The van der Waals surface area contributed by atoms with Gasteiger partial charge in [0.15, 0.2) is 11.5 Å². The molecule has 0 unspecified atom stereocenters. The van der Waals surface area contributed by atoms with Crippen molar-refractivity contribution < 1.29 is 28.6 Å². The van der Waals surface area contributed by atoms with Gasteiger partial charge in [-0.2, -0.15) is 0 Å². The second-order valence-corrected chi connectivity index (χ2v) is 8.57. The molecule has 2 aromatic carbocycles. The summed E-state index contributed by atoms with van der Waals surface area (Å²) in [6, 6.07) is 10.4. The number of amides is 3. The highest BCUT2D eigenvalue weighted by Gasteiger charge is 2.50. The van der Waals surface area contributed by atoms with Crippen molar-refractivity contribution in [2.24, 2.45) is 0 Å². The molecule has 2 aromatic rings. The van der Waals surface area contributed by atoms with E-state index in [2.05, 4.69) is 10.2 Å². The molecule has 0 bridgehead atoms. The molecule has 1 N–H and O–H groups in total. The monoisotopic (exact) mass is 480 g/mol. The fraction of sp³-hybridized carbons (Fsp3) is 0.400. The molecule has 10 nitrogen and oxygen atoms in total. The zero-order chi connectivity index (χ0) is 24.5. The zero-order valence-electron chi connectivity index (χ0n) is 19.8. The predicted octanol–water partition coefficient (Wildman–Crippen LogP) is 1.27. The van der Waals surface area contributed by atoms with Crippen molar-refractivity contribution in [2.75, 3.05) is 65.1 Å². The Morgan fingerprint density at radius 2 is 1.83 bits per heavy atom. The third-order valence-electron chi connectivity index (χ3n) is 6.65. The van der Waals surface area contributed by atoms with Gasteiger partial charge in [-0.1, -0.05) is 18.2 Å². The molecule has 0 spiro atoms. The lowest BCUT2D eigenvalue weighted by molar-refractivity contribution is -0.122. The average molecular weight is 481 g/mol. The van der Waals surface area contributed by atoms with Crippen LogP contribution in [0.3, 0.4) is 0 Å². The Morgan fingerprint density at radius 3 is 2.57 bits per heavy atom. The lowest BCUT2D eigenvalue weighted by Gasteiger charge is -2.40. The van der Waals surface area contributed by atoms with Crippen LogP contribution in [0.15, 0.2) is 36.4 Å². The second kappa shape index (κ2) is 9.55. The van der Waals surface area contributed by atoms with Crippen molar-refractivity contribution in [3.8, 4) is 11.5 Å². The average Bonchev–Trinajstić information content (AvgIpc) is 3.19. The summed E-state index contributed by atoms with van der Waals surface area (Å²) in [5.41, 5.74) is 1.81. The summed E-state index contributed by atoms with van der Waals surface area (Å²) < 4.78 is 16.3. The number of nitrogens with zero attached hydrogens (tertiary/aromatic N) is 3. The third-order valence-corrected chi connectivity index (χ3v) is 6.65. The minimum Gasteiger partial charge on any atom is -0.493 e. The fourth-order valence-electron chi connectivity index (χ4n) is 4.97. The highest BCUT2D eigenvalue weighted by Crippen LogP contribution is 2.49. The molecule has 3 aliphatic heterocycles. The van der Waals surface area contributed by atoms with Crippen molar-refractivity contribution in [2.45, 2.75) is 6.17 Å². The molecular weight excluding hydrogens is 452 g/mol. The Kier molecular flexibility index (Phi) is 6.31. The van der Waals surface area contributed by atoms with Gasteiger partial charge in [0.1, 0.15) is 12.7 Å². The van der Waals surface area contributed by atoms with Crippen molar-refractivity contribution in [3.05, 3.63) is 53.1 Å². The van der Waals surface area contributed by atoms with E-state index in [0.29, 0.717) is 60.2 Å². The summed E-state index contributed by atoms with van der Waals surface area (Å²) in [5.74, 6) is -0.165. The van der Waals surface area contributed by atoms with E-state index in [1.165, 1.54) is 19.1 Å². The van der Waals surface area contributed by atoms with Crippen LogP contribution in [0.4, 0.5) is 5.69 Å². The number of carbonyl (C=O) groups is 3. The van der Waals surface area contributed by atoms with Gasteiger partial charge in [-0.05, 0) is 18.2 Å². The number of hydrogen-bond acceptors (Lipinski definition) is 7. The van der Waals surface area contributed by atoms with Crippen molar-refractivity contribution >= 4 is 23.4 Å². The van der Waals surface area contributed by atoms with Crippen LogP contribution in [0.25, 0.3) is 0 Å². The maximum atomic E-state index is 13.7. The first kappa shape index (κ1) is 23.1. The van der Waals surface area contributed by atoms with E-state index in [9.17, 15) is 14.4 Å². The number of ether oxygens (including phenoxy) is 3. The molecule has 0 aromatic heterocycles. The number of morpholine rings is 1. The summed E-state index contributed by atoms with van der Waals surface area (Å²) in [6.45, 7) is 4.03. The van der Waals surface area contributed by atoms with E-state index in [1.807, 2.05) is 0 Å². The number of rotatable bonds is 7. The van der Waals surface area contributed by atoms with Crippen LogP contribution in [0.1, 0.15) is 32.4 Å². The van der Waals surface area contributed by atoms with Crippen LogP contribution in [0.2, 0.25) is 0 Å². The van der Waals surface area contributed by atoms with E-state index in [4.69, 9.17) is 14.2 Å². The molecule has 5 rings (SSSR count). The number of fused-ring (bicyclic) bond motifs is 5. The van der Waals surface area contributed by atoms with Crippen LogP contribution < -0.4 is 19.7 Å². The first-order chi connectivity index (χ1) is 17.0. The standard InChI is InChI=1S/C25H28N4O6/c1-33-19-8-7-17-21(22(19)34-2)25(32)29-18-6-4-3-5-16(18)24(31)28(23(17)29)15-20(30)26-9-10-27-11-13-35-14-12-27/h3-8,23H,9-15H2,1-2H3,(H,26,30)/t23-/m0/s1. The molecule has 0 aliphatic carbocycles. The first-order valence-corrected chi connectivity index (χ1v) is 11.6. The molecule has 10 heteroatoms. The van der Waals surface area contributed by atoms with Gasteiger partial charge >= 0.3 is 0 Å². The van der Waals surface area contributed by atoms with Crippen molar-refractivity contribution in [3.63, 3.8) is 0 Å². The Morgan fingerprint density at radius 1 is 1.06 bits per heavy atom. The maximum Gasteiger partial charge on any atom is 0.264 e. The minimum absolute atomic E-state index is 0.182. The molecule has 35 heavy (non-hydrogen) atoms. The number of nitrogens with one attached hydrogen (secondary N) is 1. The number of methoxy groups -OCH3 is 2. The summed E-state index contributed by atoms with van der Waals surface area (Å²) in [5, 5.41) is 2.91. The highest BCUT2D eigenvalue weighted by molar-refractivity contribution is 6.18. The van der Waals surface area contributed by atoms with E-state index < -0.39 is 6.17 Å². The van der Waals surface area contributed by atoms with Gasteiger partial charge in [-0.15, -0.1) is 0 Å². The van der Waals surface area contributed by atoms with Crippen LogP contribution >= 0.6 is 0 Å². The van der Waals surface area contributed by atoms with E-state index in [0.717, 1.165) is 13.1 Å². The van der Waals surface area contributed by atoms with Gasteiger partial charge in [-0.25, -0.2) is 0 Å². The largest absolute Gasteiger partial charge is 0.493 e. The molecule has 0 saturated carbocycles. The van der Waals surface area contributed by atoms with Crippen LogP contribution in [-0.2, 0) is 9.53 Å². The number of carbonyl (C=O) groups excluding carboxylic acids is 3. The number of para-hydroxylation sites is 1. The van der Waals surface area contributed by atoms with Crippen LogP contribution in [0, 0.1) is 0 Å². The molecule has 1 fully saturated rings. The zero-order valence-corrected chi connectivity index (χ0v) is 19.8. The summed E-state index contributed by atoms with van der Waals surface area (Å²) >= 11 is 0. The summed E-state index contributed by atoms with van der Waals surface area (Å²) in [4.78, 5) is 45.4. The Hall–Kier alpha value is -3.63. The lowest BCUT2D eigenvalue weighted by atomic mass is 10.0. The maximum absolute atomic E-state index is 13.7. The van der Waals surface area contributed by atoms with E-state index >= 15 is 0 Å². The molecule has 3 amide bonds. The number of benzene rings is 2. The van der Waals surface area contributed by atoms with E-state index in [-0.39, 0.29) is 24.3 Å². The van der Waals surface area contributed by atoms with Gasteiger partial charge in [0.05, 0.1) is 44.2 Å². The number of hydrogen-bond donors (Lipinski definition) is 1. The Bertz CT molecular complexity index is 1160. The third kappa shape index (κ3) is 3.98. The van der Waals surface area contributed by atoms with Gasteiger partial charge < -0.3 is 24.4 Å². The molecule has 3 aliphatic rings. The summed E-state index contributed by atoms with van der Waals surface area (Å²) in [7, 11) is 2.98. The topological polar surface area (TPSA) is 101 Å². The predicted molar refractivity (Wildman–Crippen MR) is 127 cm³/mol. The molecule has 0 radical (unpaired) electrons. The fourth-order valence-corrected chi connectivity index (χ4v) is 4.97. The summed E-state index contributed by atoms with van der Waals surface area (Å²) in [6.07, 6.45) is -0.760. The number of anilines is 1. The van der Waals surface area contributed by atoms with Gasteiger partial charge in [0.2, 0.25) is 5.91 Å². The molecule has 1 atom stereocenters. The molecule has 184 valence electrons. The van der Waals surface area contributed by atoms with Crippen LogP contribution in [-0.4, -0.2) is 87.7 Å². The van der Waals surface area contributed by atoms with Crippen molar-refractivity contribution in [1.82, 2.24) is 15.1 Å². The quantitative estimate of drug-likeness (QED) is 0.637. The Balaban J connectivity index is 1.44. The van der Waals surface area contributed by atoms with Crippen LogP contribution in [0.5, 0.6) is 11.5 Å². The molecule has 1 saturated heterocycles.